The predicted octanol–water partition coefficient (Wildman–Crippen LogP) is 2.41. The summed E-state index contributed by atoms with van der Waals surface area (Å²) in [7, 11) is 1.88. The highest BCUT2D eigenvalue weighted by Crippen LogP contribution is 2.25. The molecule has 0 unspecified atom stereocenters. The van der Waals surface area contributed by atoms with Crippen LogP contribution in [0.2, 0.25) is 5.15 Å². The number of nitrogens with one attached hydrogen (secondary N) is 1. The molecule has 2 aromatic heterocycles. The Morgan fingerprint density at radius 2 is 2.05 bits per heavy atom. The van der Waals surface area contributed by atoms with Crippen molar-refractivity contribution in [2.45, 2.75) is 58.7 Å². The summed E-state index contributed by atoms with van der Waals surface area (Å²) in [5.41, 5.74) is 2.14. The summed E-state index contributed by atoms with van der Waals surface area (Å²) in [6.07, 6.45) is 3.47. The lowest BCUT2D eigenvalue weighted by atomic mass is 10.1. The lowest BCUT2D eigenvalue weighted by Gasteiger charge is -2.15. The van der Waals surface area contributed by atoms with Gasteiger partial charge in [0.2, 0.25) is 0 Å². The van der Waals surface area contributed by atoms with Crippen LogP contribution in [-0.4, -0.2) is 24.5 Å². The van der Waals surface area contributed by atoms with Crippen LogP contribution in [0.3, 0.4) is 0 Å². The van der Waals surface area contributed by atoms with Crippen molar-refractivity contribution in [2.75, 3.05) is 0 Å². The highest BCUT2D eigenvalue weighted by molar-refractivity contribution is 6.30. The minimum atomic E-state index is 0.358. The van der Waals surface area contributed by atoms with Gasteiger partial charge in [0, 0.05) is 32.1 Å². The van der Waals surface area contributed by atoms with Crippen molar-refractivity contribution >= 4 is 11.6 Å². The number of aromatic nitrogens is 5. The summed E-state index contributed by atoms with van der Waals surface area (Å²) < 4.78 is 3.98. The van der Waals surface area contributed by atoms with E-state index in [0.29, 0.717) is 24.2 Å². The first kappa shape index (κ1) is 15.5. The molecule has 120 valence electrons. The average molecular weight is 323 g/mol. The Bertz CT molecular complexity index is 657. The molecule has 0 aromatic carbocycles. The first-order valence-corrected chi connectivity index (χ1v) is 8.28. The Labute approximate surface area is 135 Å². The molecule has 7 heteroatoms. The molecule has 0 bridgehead atoms. The maximum atomic E-state index is 6.36. The minimum Gasteiger partial charge on any atom is -0.314 e. The monoisotopic (exact) mass is 322 g/mol. The Hall–Kier alpha value is -1.40. The number of rotatable bonds is 5. The predicted molar refractivity (Wildman–Crippen MR) is 85.8 cm³/mol. The number of nitrogens with zero attached hydrogens (tertiary/aromatic N) is 5. The van der Waals surface area contributed by atoms with Gasteiger partial charge in [-0.25, -0.2) is 0 Å². The number of hydrogen-bond acceptors (Lipinski definition) is 4. The lowest BCUT2D eigenvalue weighted by molar-refractivity contribution is 0.497. The highest BCUT2D eigenvalue weighted by atomic mass is 35.5. The second kappa shape index (κ2) is 6.38. The number of hydrogen-bond donors (Lipinski definition) is 1. The van der Waals surface area contributed by atoms with Crippen molar-refractivity contribution in [3.8, 4) is 0 Å². The van der Waals surface area contributed by atoms with Gasteiger partial charge in [-0.3, -0.25) is 4.68 Å². The first-order chi connectivity index (χ1) is 10.6. The molecule has 22 heavy (non-hydrogen) atoms. The third-order valence-electron chi connectivity index (χ3n) is 4.17. The van der Waals surface area contributed by atoms with E-state index in [4.69, 9.17) is 11.6 Å². The molecule has 0 spiro atoms. The van der Waals surface area contributed by atoms with Gasteiger partial charge in [0.25, 0.3) is 0 Å². The van der Waals surface area contributed by atoms with Gasteiger partial charge in [-0.2, -0.15) is 5.10 Å². The van der Waals surface area contributed by atoms with E-state index in [-0.39, 0.29) is 0 Å². The van der Waals surface area contributed by atoms with Gasteiger partial charge in [0.05, 0.1) is 12.2 Å². The van der Waals surface area contributed by atoms with Crippen molar-refractivity contribution in [3.05, 3.63) is 28.1 Å². The van der Waals surface area contributed by atoms with Crippen LogP contribution in [0.1, 0.15) is 55.5 Å². The summed E-state index contributed by atoms with van der Waals surface area (Å²) in [6.45, 7) is 6.70. The van der Waals surface area contributed by atoms with E-state index in [9.17, 15) is 0 Å². The second-order valence-corrected chi connectivity index (χ2v) is 6.54. The van der Waals surface area contributed by atoms with Gasteiger partial charge in [-0.05, 0) is 18.8 Å². The molecule has 0 radical (unpaired) electrons. The molecule has 6 nitrogen and oxygen atoms in total. The summed E-state index contributed by atoms with van der Waals surface area (Å²) in [6, 6.07) is 0. The molecule has 1 aliphatic rings. The van der Waals surface area contributed by atoms with E-state index in [1.165, 1.54) is 12.8 Å². The molecule has 2 aromatic rings. The zero-order valence-corrected chi connectivity index (χ0v) is 14.2. The molecule has 0 saturated heterocycles. The Balaban J connectivity index is 1.68. The normalized spacial score (nSPS) is 14.6. The Kier molecular flexibility index (Phi) is 4.49. The van der Waals surface area contributed by atoms with E-state index in [1.54, 1.807) is 4.68 Å². The van der Waals surface area contributed by atoms with Gasteiger partial charge >= 0.3 is 0 Å². The number of fused-ring (bicyclic) bond motifs is 1. The topological polar surface area (TPSA) is 60.6 Å². The molecule has 0 atom stereocenters. The van der Waals surface area contributed by atoms with Crippen LogP contribution < -0.4 is 5.32 Å². The molecular formula is C15H23ClN6. The van der Waals surface area contributed by atoms with Crippen LogP contribution in [0.25, 0.3) is 0 Å². The maximum Gasteiger partial charge on any atom is 0.147 e. The molecule has 0 fully saturated rings. The van der Waals surface area contributed by atoms with Gasteiger partial charge < -0.3 is 9.88 Å². The molecular weight excluding hydrogens is 300 g/mol. The highest BCUT2D eigenvalue weighted by Gasteiger charge is 2.18. The summed E-state index contributed by atoms with van der Waals surface area (Å²) in [5.74, 6) is 2.49. The third kappa shape index (κ3) is 2.90. The van der Waals surface area contributed by atoms with E-state index >= 15 is 0 Å². The zero-order valence-electron chi connectivity index (χ0n) is 13.4. The second-order valence-electron chi connectivity index (χ2n) is 6.18. The van der Waals surface area contributed by atoms with E-state index < -0.39 is 0 Å². The minimum absolute atomic E-state index is 0.358. The summed E-state index contributed by atoms with van der Waals surface area (Å²) >= 11 is 6.36. The fraction of sp³-hybridized carbons (Fsp3) is 0.667. The van der Waals surface area contributed by atoms with Crippen molar-refractivity contribution in [1.29, 1.82) is 0 Å². The maximum absolute atomic E-state index is 6.36. The Morgan fingerprint density at radius 1 is 1.23 bits per heavy atom. The molecule has 0 aliphatic carbocycles. The lowest BCUT2D eigenvalue weighted by Crippen LogP contribution is -2.20. The number of aryl methyl sites for hydroxylation is 2. The van der Waals surface area contributed by atoms with Crippen molar-refractivity contribution < 1.29 is 0 Å². The van der Waals surface area contributed by atoms with Crippen LogP contribution in [0.4, 0.5) is 0 Å². The molecule has 0 saturated carbocycles. The van der Waals surface area contributed by atoms with Crippen LogP contribution in [0, 0.1) is 0 Å². The third-order valence-corrected chi connectivity index (χ3v) is 4.64. The van der Waals surface area contributed by atoms with Crippen LogP contribution >= 0.6 is 11.6 Å². The quantitative estimate of drug-likeness (QED) is 0.918. The van der Waals surface area contributed by atoms with Crippen molar-refractivity contribution in [2.24, 2.45) is 7.05 Å². The SMILES string of the molecule is CC(C)c1nn(C)c(Cl)c1CNCc1nnc2n1CCCC2. The standard InChI is InChI=1S/C15H23ClN6/c1-10(2)14-11(15(16)21(3)20-14)8-17-9-13-19-18-12-6-4-5-7-22(12)13/h10,17H,4-9H2,1-3H3. The first-order valence-electron chi connectivity index (χ1n) is 7.91. The molecule has 0 amide bonds. The van der Waals surface area contributed by atoms with Crippen LogP contribution in [0.15, 0.2) is 0 Å². The fourth-order valence-electron chi connectivity index (χ4n) is 2.99. The van der Waals surface area contributed by atoms with Crippen LogP contribution in [0.5, 0.6) is 0 Å². The molecule has 1 N–H and O–H groups in total. The van der Waals surface area contributed by atoms with Gasteiger partial charge in [0.1, 0.15) is 16.8 Å². The Morgan fingerprint density at radius 3 is 2.82 bits per heavy atom. The van der Waals surface area contributed by atoms with Crippen molar-refractivity contribution in [1.82, 2.24) is 29.9 Å². The van der Waals surface area contributed by atoms with E-state index in [1.807, 2.05) is 7.05 Å². The van der Waals surface area contributed by atoms with Crippen LogP contribution in [-0.2, 0) is 33.1 Å². The van der Waals surface area contributed by atoms with E-state index in [0.717, 1.165) is 35.9 Å². The summed E-state index contributed by atoms with van der Waals surface area (Å²) in [4.78, 5) is 0. The number of halogens is 1. The van der Waals surface area contributed by atoms with Gasteiger partial charge in [0.15, 0.2) is 0 Å². The zero-order chi connectivity index (χ0) is 15.7. The van der Waals surface area contributed by atoms with Crippen molar-refractivity contribution in [3.63, 3.8) is 0 Å². The fourth-order valence-corrected chi connectivity index (χ4v) is 3.19. The summed E-state index contributed by atoms with van der Waals surface area (Å²) in [5, 5.41) is 17.2. The molecule has 3 rings (SSSR count). The molecule has 3 heterocycles. The average Bonchev–Trinajstić information content (AvgIpc) is 3.03. The van der Waals surface area contributed by atoms with Gasteiger partial charge in [-0.15, -0.1) is 10.2 Å². The van der Waals surface area contributed by atoms with Gasteiger partial charge in [-0.1, -0.05) is 25.4 Å². The molecule has 1 aliphatic heterocycles. The smallest absolute Gasteiger partial charge is 0.147 e. The largest absolute Gasteiger partial charge is 0.314 e. The van der Waals surface area contributed by atoms with E-state index in [2.05, 4.69) is 39.0 Å².